The van der Waals surface area contributed by atoms with Crippen molar-refractivity contribution in [3.05, 3.63) is 30.2 Å². The maximum Gasteiger partial charge on any atom is 0.230 e. The van der Waals surface area contributed by atoms with Crippen molar-refractivity contribution in [3.63, 3.8) is 0 Å². The number of hydrogen-bond acceptors (Lipinski definition) is 6. The van der Waals surface area contributed by atoms with Crippen LogP contribution >= 0.6 is 0 Å². The molecule has 2 aromatic heterocycles. The average molecular weight is 299 g/mol. The van der Waals surface area contributed by atoms with Gasteiger partial charge < -0.3 is 10.1 Å². The number of nitrogens with one attached hydrogen (secondary N) is 1. The lowest BCUT2D eigenvalue weighted by Crippen LogP contribution is -2.32. The Hall–Kier alpha value is -2.97. The van der Waals surface area contributed by atoms with Crippen molar-refractivity contribution in [3.8, 4) is 0 Å². The van der Waals surface area contributed by atoms with Crippen LogP contribution in [0.25, 0.3) is 10.9 Å². The second-order valence-electron chi connectivity index (χ2n) is 5.30. The minimum atomic E-state index is 0.0561. The molecule has 0 saturated heterocycles. The Bertz CT molecular complexity index is 822. The summed E-state index contributed by atoms with van der Waals surface area (Å²) in [6.45, 7) is 0.255. The smallest absolute Gasteiger partial charge is 0.230 e. The van der Waals surface area contributed by atoms with Gasteiger partial charge in [0.15, 0.2) is 5.82 Å². The Labute approximate surface area is 124 Å². The molecule has 9 nitrogen and oxygen atoms in total. The van der Waals surface area contributed by atoms with E-state index in [4.69, 9.17) is 0 Å². The molecule has 1 saturated carbocycles. The fourth-order valence-electron chi connectivity index (χ4n) is 2.41. The van der Waals surface area contributed by atoms with Gasteiger partial charge in [0.25, 0.3) is 0 Å². The van der Waals surface area contributed by atoms with Crippen LogP contribution in [0.1, 0.15) is 18.7 Å². The summed E-state index contributed by atoms with van der Waals surface area (Å²) in [6, 6.07) is 5.31. The molecule has 4 rings (SSSR count). The molecule has 1 aliphatic rings. The second-order valence-corrected chi connectivity index (χ2v) is 5.30. The number of aromatic nitrogens is 6. The predicted octanol–water partition coefficient (Wildman–Crippen LogP) is 0.730. The lowest BCUT2D eigenvalue weighted by molar-refractivity contribution is -0.119. The first-order valence-corrected chi connectivity index (χ1v) is 6.93. The number of fused-ring (bicyclic) bond motifs is 1. The summed E-state index contributed by atoms with van der Waals surface area (Å²) in [5, 5.41) is 27.8. The summed E-state index contributed by atoms with van der Waals surface area (Å²) in [6.07, 6.45) is 3.38. The van der Waals surface area contributed by atoms with Gasteiger partial charge in [-0.2, -0.15) is 5.21 Å². The molecule has 2 N–H and O–H groups in total. The van der Waals surface area contributed by atoms with E-state index in [1.165, 1.54) is 0 Å². The highest BCUT2D eigenvalue weighted by atomic mass is 16.5. The zero-order chi connectivity index (χ0) is 15.1. The van der Waals surface area contributed by atoms with Crippen molar-refractivity contribution >= 4 is 22.5 Å². The first kappa shape index (κ1) is 12.7. The molecule has 0 atom stereocenters. The van der Waals surface area contributed by atoms with Gasteiger partial charge in [-0.1, -0.05) is 5.21 Å². The van der Waals surface area contributed by atoms with Crippen molar-refractivity contribution < 1.29 is 10.0 Å². The van der Waals surface area contributed by atoms with E-state index in [1.54, 1.807) is 23.2 Å². The Morgan fingerprint density at radius 3 is 3.05 bits per heavy atom. The lowest BCUT2D eigenvalue weighted by atomic mass is 10.2. The second kappa shape index (κ2) is 4.79. The quantitative estimate of drug-likeness (QED) is 0.687. The molecule has 1 aromatic carbocycles. The van der Waals surface area contributed by atoms with Gasteiger partial charge in [-0.25, -0.2) is 0 Å². The number of hydrogen-bond donors (Lipinski definition) is 2. The van der Waals surface area contributed by atoms with Crippen molar-refractivity contribution in [2.45, 2.75) is 19.4 Å². The Kier molecular flexibility index (Phi) is 2.78. The molecule has 0 spiro atoms. The third-order valence-corrected chi connectivity index (χ3v) is 3.73. The summed E-state index contributed by atoms with van der Waals surface area (Å²) < 4.78 is 0. The number of carbonyl (C=O) groups is 1. The maximum absolute atomic E-state index is 12.5. The van der Waals surface area contributed by atoms with E-state index in [1.807, 2.05) is 6.07 Å². The number of anilines is 1. The average Bonchev–Trinajstić information content (AvgIpc) is 3.14. The summed E-state index contributed by atoms with van der Waals surface area (Å²) >= 11 is 0. The fourth-order valence-corrected chi connectivity index (χ4v) is 2.41. The standard InChI is InChI=1S/C13H13N7O2/c21-13(8-1-2-8)19(7-12-15-17-18-16-12)10-3-4-11-9(5-10)6-14-20(11)22/h3-6,8,22H,1-2,7H2,(H,15,16,17,18). The monoisotopic (exact) mass is 299 g/mol. The van der Waals surface area contributed by atoms with Crippen LogP contribution in [0.2, 0.25) is 0 Å². The third-order valence-electron chi connectivity index (χ3n) is 3.73. The summed E-state index contributed by atoms with van der Waals surface area (Å²) in [7, 11) is 0. The Morgan fingerprint density at radius 1 is 1.45 bits per heavy atom. The molecule has 9 heteroatoms. The van der Waals surface area contributed by atoms with Gasteiger partial charge in [-0.3, -0.25) is 4.79 Å². The molecule has 3 aromatic rings. The molecule has 22 heavy (non-hydrogen) atoms. The van der Waals surface area contributed by atoms with Gasteiger partial charge in [0.05, 0.1) is 12.7 Å². The van der Waals surface area contributed by atoms with E-state index in [2.05, 4.69) is 25.7 Å². The van der Waals surface area contributed by atoms with Crippen molar-refractivity contribution in [2.24, 2.45) is 5.92 Å². The number of H-pyrrole nitrogens is 1. The van der Waals surface area contributed by atoms with Gasteiger partial charge in [-0.05, 0) is 31.0 Å². The lowest BCUT2D eigenvalue weighted by Gasteiger charge is -2.21. The van der Waals surface area contributed by atoms with E-state index in [0.717, 1.165) is 28.8 Å². The van der Waals surface area contributed by atoms with Gasteiger partial charge in [-0.15, -0.1) is 20.1 Å². The topological polar surface area (TPSA) is 113 Å². The minimum absolute atomic E-state index is 0.0561. The van der Waals surface area contributed by atoms with Crippen molar-refractivity contribution in [1.29, 1.82) is 0 Å². The van der Waals surface area contributed by atoms with Gasteiger partial charge in [0.2, 0.25) is 5.91 Å². The molecular formula is C13H13N7O2. The SMILES string of the molecule is O=C(C1CC1)N(Cc1nn[nH]n1)c1ccc2c(cnn2O)c1. The van der Waals surface area contributed by atoms with Crippen LogP contribution in [-0.4, -0.2) is 41.7 Å². The normalized spacial score (nSPS) is 14.4. The van der Waals surface area contributed by atoms with E-state index in [9.17, 15) is 10.0 Å². The van der Waals surface area contributed by atoms with Crippen LogP contribution in [-0.2, 0) is 11.3 Å². The third kappa shape index (κ3) is 2.16. The van der Waals surface area contributed by atoms with E-state index < -0.39 is 0 Å². The number of carbonyl (C=O) groups excluding carboxylic acids is 1. The molecule has 1 aliphatic carbocycles. The van der Waals surface area contributed by atoms with E-state index in [0.29, 0.717) is 11.3 Å². The Morgan fingerprint density at radius 2 is 2.32 bits per heavy atom. The van der Waals surface area contributed by atoms with Crippen molar-refractivity contribution in [1.82, 2.24) is 30.6 Å². The highest BCUT2D eigenvalue weighted by molar-refractivity contribution is 5.98. The Balaban J connectivity index is 1.72. The van der Waals surface area contributed by atoms with Crippen LogP contribution < -0.4 is 4.90 Å². The van der Waals surface area contributed by atoms with Crippen LogP contribution in [0.5, 0.6) is 0 Å². The summed E-state index contributed by atoms with van der Waals surface area (Å²) in [4.78, 5) is 15.0. The number of rotatable bonds is 4. The van der Waals surface area contributed by atoms with E-state index >= 15 is 0 Å². The molecule has 0 bridgehead atoms. The number of amides is 1. The molecule has 2 heterocycles. The first-order chi connectivity index (χ1) is 10.7. The molecule has 0 radical (unpaired) electrons. The summed E-state index contributed by atoms with van der Waals surface area (Å²) in [5.74, 6) is 0.579. The molecule has 112 valence electrons. The number of aromatic amines is 1. The molecule has 1 amide bonds. The van der Waals surface area contributed by atoms with Crippen LogP contribution in [0, 0.1) is 5.92 Å². The fraction of sp³-hybridized carbons (Fsp3) is 0.308. The summed E-state index contributed by atoms with van der Waals surface area (Å²) in [5.41, 5.74) is 1.31. The van der Waals surface area contributed by atoms with Crippen LogP contribution in [0.15, 0.2) is 24.4 Å². The zero-order valence-electron chi connectivity index (χ0n) is 11.5. The number of benzene rings is 1. The minimum Gasteiger partial charge on any atom is -0.411 e. The highest BCUT2D eigenvalue weighted by Crippen LogP contribution is 2.34. The van der Waals surface area contributed by atoms with Gasteiger partial charge >= 0.3 is 0 Å². The van der Waals surface area contributed by atoms with Gasteiger partial charge in [0.1, 0.15) is 5.52 Å². The number of tetrazole rings is 1. The van der Waals surface area contributed by atoms with Crippen molar-refractivity contribution in [2.75, 3.05) is 4.90 Å². The van der Waals surface area contributed by atoms with Crippen LogP contribution in [0.4, 0.5) is 5.69 Å². The zero-order valence-corrected chi connectivity index (χ0v) is 11.5. The number of nitrogens with zero attached hydrogens (tertiary/aromatic N) is 6. The molecular weight excluding hydrogens is 286 g/mol. The maximum atomic E-state index is 12.5. The molecule has 1 fully saturated rings. The van der Waals surface area contributed by atoms with E-state index in [-0.39, 0.29) is 18.4 Å². The molecule has 0 aliphatic heterocycles. The molecule has 0 unspecified atom stereocenters. The van der Waals surface area contributed by atoms with Gasteiger partial charge in [0, 0.05) is 17.0 Å². The van der Waals surface area contributed by atoms with Crippen LogP contribution in [0.3, 0.4) is 0 Å². The predicted molar refractivity (Wildman–Crippen MR) is 75.0 cm³/mol. The highest BCUT2D eigenvalue weighted by Gasteiger charge is 2.34. The largest absolute Gasteiger partial charge is 0.411 e. The first-order valence-electron chi connectivity index (χ1n) is 6.93.